The van der Waals surface area contributed by atoms with Crippen LogP contribution < -0.4 is 5.32 Å². The minimum Gasteiger partial charge on any atom is -0.381 e. The maximum Gasteiger partial charge on any atom is 0.137 e. The van der Waals surface area contributed by atoms with Crippen molar-refractivity contribution in [3.05, 3.63) is 63.6 Å². The summed E-state index contributed by atoms with van der Waals surface area (Å²) in [6.07, 6.45) is 0. The molecule has 0 saturated heterocycles. The number of halogens is 3. The lowest BCUT2D eigenvalue weighted by molar-refractivity contribution is 0.617. The molecule has 1 nitrogen and oxygen atoms in total. The third-order valence-electron chi connectivity index (χ3n) is 2.77. The van der Waals surface area contributed by atoms with Crippen LogP contribution in [0.15, 0.2) is 40.9 Å². The van der Waals surface area contributed by atoms with Gasteiger partial charge in [-0.1, -0.05) is 18.2 Å². The quantitative estimate of drug-likeness (QED) is 0.870. The third kappa shape index (κ3) is 2.70. The van der Waals surface area contributed by atoms with Gasteiger partial charge in [0.2, 0.25) is 0 Å². The molecule has 0 radical (unpaired) electrons. The predicted molar refractivity (Wildman–Crippen MR) is 72.6 cm³/mol. The molecule has 0 atom stereocenters. The molecule has 0 unspecified atom stereocenters. The zero-order chi connectivity index (χ0) is 13.1. The monoisotopic (exact) mass is 311 g/mol. The molecule has 0 aliphatic carbocycles. The molecule has 0 aliphatic heterocycles. The Hall–Kier alpha value is -1.42. The summed E-state index contributed by atoms with van der Waals surface area (Å²) in [7, 11) is 0. The average molecular weight is 312 g/mol. The predicted octanol–water partition coefficient (Wildman–Crippen LogP) is 4.65. The van der Waals surface area contributed by atoms with Crippen LogP contribution in [0.1, 0.15) is 11.1 Å². The summed E-state index contributed by atoms with van der Waals surface area (Å²) >= 11 is 3.20. The van der Waals surface area contributed by atoms with E-state index in [1.807, 2.05) is 6.07 Å². The third-order valence-corrected chi connectivity index (χ3v) is 3.66. The molecule has 0 amide bonds. The molecule has 0 bridgehead atoms. The molecule has 0 heterocycles. The van der Waals surface area contributed by atoms with Crippen molar-refractivity contribution in [2.24, 2.45) is 0 Å². The fraction of sp³-hybridized carbons (Fsp3) is 0.143. The molecule has 18 heavy (non-hydrogen) atoms. The van der Waals surface area contributed by atoms with Gasteiger partial charge >= 0.3 is 0 Å². The van der Waals surface area contributed by atoms with E-state index in [9.17, 15) is 8.78 Å². The van der Waals surface area contributed by atoms with E-state index in [2.05, 4.69) is 21.2 Å². The molecule has 0 fully saturated rings. The van der Waals surface area contributed by atoms with Gasteiger partial charge in [-0.3, -0.25) is 0 Å². The van der Waals surface area contributed by atoms with Gasteiger partial charge in [0, 0.05) is 17.8 Å². The molecule has 0 aromatic heterocycles. The van der Waals surface area contributed by atoms with Crippen molar-refractivity contribution in [1.29, 1.82) is 0 Å². The number of nitrogens with one attached hydrogen (secondary N) is 1. The van der Waals surface area contributed by atoms with E-state index in [-0.39, 0.29) is 11.6 Å². The minimum atomic E-state index is -0.301. The van der Waals surface area contributed by atoms with E-state index >= 15 is 0 Å². The van der Waals surface area contributed by atoms with Gasteiger partial charge in [-0.2, -0.15) is 0 Å². The summed E-state index contributed by atoms with van der Waals surface area (Å²) in [5, 5.41) is 3.10. The molecule has 4 heteroatoms. The summed E-state index contributed by atoms with van der Waals surface area (Å²) in [5.41, 5.74) is 2.06. The van der Waals surface area contributed by atoms with Gasteiger partial charge in [-0.25, -0.2) is 8.78 Å². The van der Waals surface area contributed by atoms with E-state index in [0.717, 1.165) is 5.56 Å². The highest BCUT2D eigenvalue weighted by atomic mass is 79.9. The van der Waals surface area contributed by atoms with Gasteiger partial charge in [0.25, 0.3) is 0 Å². The van der Waals surface area contributed by atoms with Crippen LogP contribution in [0.2, 0.25) is 0 Å². The van der Waals surface area contributed by atoms with E-state index in [1.54, 1.807) is 25.1 Å². The zero-order valence-corrected chi connectivity index (χ0v) is 11.4. The van der Waals surface area contributed by atoms with Gasteiger partial charge < -0.3 is 5.32 Å². The van der Waals surface area contributed by atoms with Crippen molar-refractivity contribution in [2.75, 3.05) is 5.32 Å². The van der Waals surface area contributed by atoms with Crippen LogP contribution in [0, 0.1) is 18.6 Å². The molecule has 0 aliphatic rings. The second kappa shape index (κ2) is 5.48. The smallest absolute Gasteiger partial charge is 0.137 e. The van der Waals surface area contributed by atoms with E-state index in [0.29, 0.717) is 22.3 Å². The highest BCUT2D eigenvalue weighted by Crippen LogP contribution is 2.23. The van der Waals surface area contributed by atoms with Crippen molar-refractivity contribution in [3.63, 3.8) is 0 Å². The van der Waals surface area contributed by atoms with Crippen LogP contribution in [0.4, 0.5) is 14.5 Å². The molecule has 94 valence electrons. The second-order valence-electron chi connectivity index (χ2n) is 3.98. The Labute approximate surface area is 113 Å². The van der Waals surface area contributed by atoms with Crippen LogP contribution in [0.5, 0.6) is 0 Å². The van der Waals surface area contributed by atoms with Gasteiger partial charge in [-0.15, -0.1) is 0 Å². The average Bonchev–Trinajstić information content (AvgIpc) is 2.36. The first-order valence-electron chi connectivity index (χ1n) is 5.51. The number of hydrogen-bond donors (Lipinski definition) is 1. The molecule has 2 aromatic rings. The highest BCUT2D eigenvalue weighted by Gasteiger charge is 2.06. The van der Waals surface area contributed by atoms with Gasteiger partial charge in [0.05, 0.1) is 4.47 Å². The summed E-state index contributed by atoms with van der Waals surface area (Å²) in [4.78, 5) is 0. The van der Waals surface area contributed by atoms with Gasteiger partial charge in [0.15, 0.2) is 0 Å². The second-order valence-corrected chi connectivity index (χ2v) is 4.77. The largest absolute Gasteiger partial charge is 0.381 e. The summed E-state index contributed by atoms with van der Waals surface area (Å²) in [6.45, 7) is 2.14. The van der Waals surface area contributed by atoms with Crippen LogP contribution in [-0.4, -0.2) is 0 Å². The Bertz CT molecular complexity index is 518. The lowest BCUT2D eigenvalue weighted by Crippen LogP contribution is -2.03. The standard InChI is InChI=1S/C14H12BrF2N/c1-9-11(16)5-3-7-13(9)18-8-10-4-2-6-12(17)14(10)15/h2-7,18H,8H2,1H3. The Morgan fingerprint density at radius 2 is 1.72 bits per heavy atom. The van der Waals surface area contributed by atoms with E-state index in [4.69, 9.17) is 0 Å². The number of anilines is 1. The van der Waals surface area contributed by atoms with Crippen LogP contribution in [-0.2, 0) is 6.54 Å². The fourth-order valence-electron chi connectivity index (χ4n) is 1.67. The lowest BCUT2D eigenvalue weighted by Gasteiger charge is -2.11. The van der Waals surface area contributed by atoms with Crippen molar-refractivity contribution in [2.45, 2.75) is 13.5 Å². The summed E-state index contributed by atoms with van der Waals surface area (Å²) in [6, 6.07) is 9.71. The van der Waals surface area contributed by atoms with Gasteiger partial charge in [-0.05, 0) is 46.6 Å². The summed E-state index contributed by atoms with van der Waals surface area (Å²) < 4.78 is 27.1. The van der Waals surface area contributed by atoms with Crippen LogP contribution in [0.25, 0.3) is 0 Å². The molecule has 0 saturated carbocycles. The van der Waals surface area contributed by atoms with Crippen molar-refractivity contribution in [3.8, 4) is 0 Å². The summed E-state index contributed by atoms with van der Waals surface area (Å²) in [5.74, 6) is -0.552. The Balaban J connectivity index is 2.17. The molecule has 2 aromatic carbocycles. The zero-order valence-electron chi connectivity index (χ0n) is 9.81. The molecular weight excluding hydrogens is 300 g/mol. The molecule has 0 spiro atoms. The topological polar surface area (TPSA) is 12.0 Å². The van der Waals surface area contributed by atoms with E-state index < -0.39 is 0 Å². The van der Waals surface area contributed by atoms with Gasteiger partial charge in [0.1, 0.15) is 11.6 Å². The first-order valence-corrected chi connectivity index (χ1v) is 6.31. The Kier molecular flexibility index (Phi) is 3.97. The fourth-order valence-corrected chi connectivity index (χ4v) is 2.08. The Morgan fingerprint density at radius 1 is 1.06 bits per heavy atom. The minimum absolute atomic E-state index is 0.252. The number of rotatable bonds is 3. The van der Waals surface area contributed by atoms with Crippen molar-refractivity contribution in [1.82, 2.24) is 0 Å². The maximum atomic E-state index is 13.3. The lowest BCUT2D eigenvalue weighted by atomic mass is 10.1. The Morgan fingerprint density at radius 3 is 2.50 bits per heavy atom. The highest BCUT2D eigenvalue weighted by molar-refractivity contribution is 9.10. The SMILES string of the molecule is Cc1c(F)cccc1NCc1cccc(F)c1Br. The number of benzene rings is 2. The van der Waals surface area contributed by atoms with E-state index in [1.165, 1.54) is 12.1 Å². The van der Waals surface area contributed by atoms with Crippen LogP contribution in [0.3, 0.4) is 0 Å². The van der Waals surface area contributed by atoms with Crippen molar-refractivity contribution >= 4 is 21.6 Å². The van der Waals surface area contributed by atoms with Crippen molar-refractivity contribution < 1.29 is 8.78 Å². The molecular formula is C14H12BrF2N. The maximum absolute atomic E-state index is 13.3. The van der Waals surface area contributed by atoms with Crippen LogP contribution >= 0.6 is 15.9 Å². The number of hydrogen-bond acceptors (Lipinski definition) is 1. The molecule has 2 rings (SSSR count). The first kappa shape index (κ1) is 13.0. The molecule has 1 N–H and O–H groups in total. The first-order chi connectivity index (χ1) is 8.59. The normalized spacial score (nSPS) is 10.4.